The molecule has 1 aliphatic rings. The Kier molecular flexibility index (Phi) is 2.60. The van der Waals surface area contributed by atoms with Crippen molar-refractivity contribution in [3.05, 3.63) is 0 Å². The average molecular weight is 180 g/mol. The van der Waals surface area contributed by atoms with Gasteiger partial charge in [0.15, 0.2) is 0 Å². The normalized spacial score (nSPS) is 18.9. The summed E-state index contributed by atoms with van der Waals surface area (Å²) in [7, 11) is 0. The monoisotopic (exact) mass is 180 g/mol. The number of carbonyl (C=O) groups excluding carboxylic acids is 1. The number of rotatable bonds is 3. The van der Waals surface area contributed by atoms with Crippen LogP contribution >= 0.6 is 0 Å². The van der Waals surface area contributed by atoms with Gasteiger partial charge in [-0.15, -0.1) is 0 Å². The number of nitrogens with zero attached hydrogens (tertiary/aromatic N) is 1. The summed E-state index contributed by atoms with van der Waals surface area (Å²) in [5, 5.41) is 11.5. The molecule has 3 nitrogen and oxygen atoms in total. The van der Waals surface area contributed by atoms with Crippen molar-refractivity contribution in [2.24, 2.45) is 11.8 Å². The van der Waals surface area contributed by atoms with E-state index in [1.54, 1.807) is 6.92 Å². The molecule has 0 saturated heterocycles. The first-order valence-corrected chi connectivity index (χ1v) is 4.69. The Bertz CT molecular complexity index is 248. The van der Waals surface area contributed by atoms with Crippen molar-refractivity contribution in [3.8, 4) is 6.07 Å². The van der Waals surface area contributed by atoms with Crippen LogP contribution in [0.1, 0.15) is 33.6 Å². The molecule has 0 aromatic carbocycles. The summed E-state index contributed by atoms with van der Waals surface area (Å²) in [6.07, 6.45) is 2.38. The molecule has 1 N–H and O–H groups in total. The Labute approximate surface area is 79.1 Å². The van der Waals surface area contributed by atoms with E-state index in [0.29, 0.717) is 5.92 Å². The van der Waals surface area contributed by atoms with Gasteiger partial charge in [0.25, 0.3) is 0 Å². The summed E-state index contributed by atoms with van der Waals surface area (Å²) in [6, 6.07) is 1.93. The molecule has 0 aliphatic heterocycles. The number of amides is 1. The van der Waals surface area contributed by atoms with E-state index in [4.69, 9.17) is 5.26 Å². The zero-order valence-corrected chi connectivity index (χ0v) is 8.42. The lowest BCUT2D eigenvalue weighted by Crippen LogP contribution is -2.47. The minimum atomic E-state index is -0.543. The summed E-state index contributed by atoms with van der Waals surface area (Å²) in [5.74, 6) is -0.0974. The molecule has 1 amide bonds. The van der Waals surface area contributed by atoms with Crippen molar-refractivity contribution >= 4 is 5.91 Å². The zero-order valence-electron chi connectivity index (χ0n) is 8.42. The van der Waals surface area contributed by atoms with Crippen LogP contribution in [0.5, 0.6) is 0 Å². The van der Waals surface area contributed by atoms with Crippen molar-refractivity contribution in [2.75, 3.05) is 0 Å². The summed E-state index contributed by atoms with van der Waals surface area (Å²) >= 11 is 0. The van der Waals surface area contributed by atoms with Crippen LogP contribution in [0.15, 0.2) is 0 Å². The zero-order chi connectivity index (χ0) is 10.1. The fourth-order valence-corrected chi connectivity index (χ4v) is 1.39. The van der Waals surface area contributed by atoms with Crippen molar-refractivity contribution in [3.63, 3.8) is 0 Å². The molecule has 0 radical (unpaired) electrons. The van der Waals surface area contributed by atoms with Gasteiger partial charge in [-0.2, -0.15) is 5.26 Å². The second kappa shape index (κ2) is 3.37. The van der Waals surface area contributed by atoms with Crippen LogP contribution in [0, 0.1) is 23.2 Å². The van der Waals surface area contributed by atoms with Gasteiger partial charge < -0.3 is 5.32 Å². The smallest absolute Gasteiger partial charge is 0.237 e. The minimum absolute atomic E-state index is 0.137. The number of nitrogens with one attached hydrogen (secondary N) is 1. The maximum Gasteiger partial charge on any atom is 0.237 e. The molecule has 1 saturated carbocycles. The summed E-state index contributed by atoms with van der Waals surface area (Å²) in [4.78, 5) is 11.4. The van der Waals surface area contributed by atoms with Gasteiger partial charge in [-0.1, -0.05) is 0 Å². The third kappa shape index (κ3) is 2.45. The largest absolute Gasteiger partial charge is 0.350 e. The summed E-state index contributed by atoms with van der Waals surface area (Å²) in [6.45, 7) is 5.66. The molecule has 0 aromatic heterocycles. The average Bonchev–Trinajstić information content (AvgIpc) is 2.84. The molecule has 0 aromatic rings. The van der Waals surface area contributed by atoms with E-state index >= 15 is 0 Å². The molecule has 1 rings (SSSR count). The molecule has 0 bridgehead atoms. The molecule has 13 heavy (non-hydrogen) atoms. The van der Waals surface area contributed by atoms with Crippen LogP contribution in [-0.2, 0) is 4.79 Å². The Hall–Kier alpha value is -1.04. The molecule has 0 heterocycles. The Morgan fingerprint density at radius 2 is 2.15 bits per heavy atom. The summed E-state index contributed by atoms with van der Waals surface area (Å²) < 4.78 is 0. The van der Waals surface area contributed by atoms with E-state index in [1.807, 2.05) is 19.9 Å². The van der Waals surface area contributed by atoms with Crippen molar-refractivity contribution < 1.29 is 4.79 Å². The highest BCUT2D eigenvalue weighted by molar-refractivity contribution is 5.81. The number of hydrogen-bond donors (Lipinski definition) is 1. The lowest BCUT2D eigenvalue weighted by atomic mass is 9.97. The van der Waals surface area contributed by atoms with Crippen molar-refractivity contribution in [2.45, 2.75) is 39.2 Å². The molecule has 1 unspecified atom stereocenters. The highest BCUT2D eigenvalue weighted by Gasteiger charge is 2.39. The molecular weight excluding hydrogens is 164 g/mol. The highest BCUT2D eigenvalue weighted by atomic mass is 16.2. The second-order valence-corrected chi connectivity index (χ2v) is 4.34. The number of nitriles is 1. The van der Waals surface area contributed by atoms with Crippen LogP contribution in [0.25, 0.3) is 0 Å². The van der Waals surface area contributed by atoms with Gasteiger partial charge in [0.2, 0.25) is 5.91 Å². The summed E-state index contributed by atoms with van der Waals surface area (Å²) in [5.41, 5.74) is -0.137. The van der Waals surface area contributed by atoms with Gasteiger partial charge in [-0.05, 0) is 39.5 Å². The highest BCUT2D eigenvalue weighted by Crippen LogP contribution is 2.39. The van der Waals surface area contributed by atoms with Gasteiger partial charge in [0.1, 0.15) is 5.92 Å². The predicted octanol–water partition coefficient (Wildman–Crippen LogP) is 1.45. The lowest BCUT2D eigenvalue weighted by molar-refractivity contribution is -0.124. The number of carbonyl (C=O) groups is 1. The third-order valence-corrected chi connectivity index (χ3v) is 2.63. The molecule has 1 fully saturated rings. The third-order valence-electron chi connectivity index (χ3n) is 2.63. The molecule has 72 valence electrons. The SMILES string of the molecule is CC(C#N)C(=O)NC(C)(C)C1CC1. The first kappa shape index (κ1) is 10.0. The van der Waals surface area contributed by atoms with Crippen LogP contribution in [0.3, 0.4) is 0 Å². The van der Waals surface area contributed by atoms with Crippen LogP contribution < -0.4 is 5.32 Å². The Balaban J connectivity index is 2.48. The first-order chi connectivity index (χ1) is 5.97. The fraction of sp³-hybridized carbons (Fsp3) is 0.800. The first-order valence-electron chi connectivity index (χ1n) is 4.69. The van der Waals surface area contributed by atoms with E-state index in [-0.39, 0.29) is 11.4 Å². The van der Waals surface area contributed by atoms with E-state index in [2.05, 4.69) is 5.32 Å². The van der Waals surface area contributed by atoms with Crippen molar-refractivity contribution in [1.29, 1.82) is 5.26 Å². The quantitative estimate of drug-likeness (QED) is 0.714. The molecule has 1 atom stereocenters. The minimum Gasteiger partial charge on any atom is -0.350 e. The second-order valence-electron chi connectivity index (χ2n) is 4.34. The van der Waals surface area contributed by atoms with Gasteiger partial charge in [0.05, 0.1) is 6.07 Å². The predicted molar refractivity (Wildman–Crippen MR) is 49.7 cm³/mol. The Morgan fingerprint density at radius 1 is 1.62 bits per heavy atom. The topological polar surface area (TPSA) is 52.9 Å². The maximum atomic E-state index is 11.4. The maximum absolute atomic E-state index is 11.4. The van der Waals surface area contributed by atoms with Crippen LogP contribution in [-0.4, -0.2) is 11.4 Å². The molecule has 3 heteroatoms. The van der Waals surface area contributed by atoms with E-state index < -0.39 is 5.92 Å². The Morgan fingerprint density at radius 3 is 2.54 bits per heavy atom. The standard InChI is InChI=1S/C10H16N2O/c1-7(6-11)9(13)12-10(2,3)8-4-5-8/h7-8H,4-5H2,1-3H3,(H,12,13). The number of hydrogen-bond acceptors (Lipinski definition) is 2. The van der Waals surface area contributed by atoms with Gasteiger partial charge in [-0.3, -0.25) is 4.79 Å². The van der Waals surface area contributed by atoms with E-state index in [0.717, 1.165) is 0 Å². The molecule has 1 aliphatic carbocycles. The lowest BCUT2D eigenvalue weighted by Gasteiger charge is -2.26. The molecular formula is C10H16N2O. The fourth-order valence-electron chi connectivity index (χ4n) is 1.39. The van der Waals surface area contributed by atoms with Crippen LogP contribution in [0.2, 0.25) is 0 Å². The molecule has 0 spiro atoms. The van der Waals surface area contributed by atoms with Gasteiger partial charge in [0, 0.05) is 5.54 Å². The van der Waals surface area contributed by atoms with Gasteiger partial charge in [-0.25, -0.2) is 0 Å². The van der Waals surface area contributed by atoms with Crippen molar-refractivity contribution in [1.82, 2.24) is 5.32 Å². The van der Waals surface area contributed by atoms with Crippen LogP contribution in [0.4, 0.5) is 0 Å². The van der Waals surface area contributed by atoms with E-state index in [1.165, 1.54) is 12.8 Å². The van der Waals surface area contributed by atoms with E-state index in [9.17, 15) is 4.79 Å². The van der Waals surface area contributed by atoms with Gasteiger partial charge >= 0.3 is 0 Å².